The van der Waals surface area contributed by atoms with Gasteiger partial charge in [-0.2, -0.15) is 5.10 Å². The van der Waals surface area contributed by atoms with Gasteiger partial charge in [-0.3, -0.25) is 4.79 Å². The van der Waals surface area contributed by atoms with Crippen molar-refractivity contribution in [1.82, 2.24) is 15.1 Å². The Kier molecular flexibility index (Phi) is 4.51. The Morgan fingerprint density at radius 2 is 1.95 bits per heavy atom. The van der Waals surface area contributed by atoms with E-state index in [1.807, 2.05) is 17.0 Å². The molecule has 0 radical (unpaired) electrons. The van der Waals surface area contributed by atoms with Crippen LogP contribution in [0.5, 0.6) is 0 Å². The van der Waals surface area contributed by atoms with Crippen molar-refractivity contribution in [3.05, 3.63) is 30.5 Å². The summed E-state index contributed by atoms with van der Waals surface area (Å²) in [5, 5.41) is 10.7. The normalized spacial score (nSPS) is 15.3. The number of carbonyl (C=O) groups is 1. The van der Waals surface area contributed by atoms with Gasteiger partial charge in [0.05, 0.1) is 6.20 Å². The maximum Gasteiger partial charge on any atom is 0.222 e. The van der Waals surface area contributed by atoms with Crippen LogP contribution in [0, 0.1) is 0 Å². The van der Waals surface area contributed by atoms with Crippen LogP contribution in [-0.2, 0) is 4.79 Å². The predicted molar refractivity (Wildman–Crippen MR) is 87.9 cm³/mol. The van der Waals surface area contributed by atoms with Crippen LogP contribution in [0.3, 0.4) is 0 Å². The number of benzene rings is 1. The number of hydrogen-bond donors (Lipinski definition) is 0. The molecule has 5 nitrogen and oxygen atoms in total. The highest BCUT2D eigenvalue weighted by Crippen LogP contribution is 2.24. The van der Waals surface area contributed by atoms with Crippen LogP contribution >= 0.6 is 0 Å². The fourth-order valence-corrected chi connectivity index (χ4v) is 2.90. The lowest BCUT2D eigenvalue weighted by Gasteiger charge is -2.35. The Morgan fingerprint density at radius 1 is 1.18 bits per heavy atom. The number of anilines is 1. The van der Waals surface area contributed by atoms with Gasteiger partial charge in [-0.05, 0) is 6.42 Å². The molecule has 1 fully saturated rings. The average molecular weight is 298 g/mol. The lowest BCUT2D eigenvalue weighted by atomic mass is 10.1. The third-order valence-corrected chi connectivity index (χ3v) is 4.23. The number of hydrogen-bond acceptors (Lipinski definition) is 4. The van der Waals surface area contributed by atoms with Crippen LogP contribution in [0.4, 0.5) is 5.82 Å². The Labute approximate surface area is 130 Å². The van der Waals surface area contributed by atoms with Crippen LogP contribution in [-0.4, -0.2) is 47.2 Å². The Balaban J connectivity index is 1.69. The zero-order chi connectivity index (χ0) is 15.4. The minimum Gasteiger partial charge on any atom is -0.351 e. The van der Waals surface area contributed by atoms with Crippen molar-refractivity contribution >= 4 is 22.5 Å². The summed E-state index contributed by atoms with van der Waals surface area (Å²) >= 11 is 0. The number of carbonyl (C=O) groups excluding carboxylic acids is 1. The molecule has 2 heterocycles. The van der Waals surface area contributed by atoms with E-state index < -0.39 is 0 Å². The molecule has 22 heavy (non-hydrogen) atoms. The highest BCUT2D eigenvalue weighted by Gasteiger charge is 2.22. The molecule has 0 aliphatic carbocycles. The van der Waals surface area contributed by atoms with Gasteiger partial charge in [0.1, 0.15) is 0 Å². The first-order chi connectivity index (χ1) is 10.8. The molecule has 1 amide bonds. The van der Waals surface area contributed by atoms with E-state index in [-0.39, 0.29) is 5.91 Å². The highest BCUT2D eigenvalue weighted by atomic mass is 16.2. The van der Waals surface area contributed by atoms with E-state index in [0.29, 0.717) is 6.42 Å². The van der Waals surface area contributed by atoms with Crippen molar-refractivity contribution in [2.24, 2.45) is 0 Å². The zero-order valence-electron chi connectivity index (χ0n) is 13.0. The summed E-state index contributed by atoms with van der Waals surface area (Å²) in [7, 11) is 0. The molecule has 1 aliphatic heterocycles. The van der Waals surface area contributed by atoms with Gasteiger partial charge in [-0.1, -0.05) is 37.6 Å². The van der Waals surface area contributed by atoms with E-state index in [2.05, 4.69) is 34.2 Å². The van der Waals surface area contributed by atoms with E-state index in [4.69, 9.17) is 0 Å². The number of amides is 1. The largest absolute Gasteiger partial charge is 0.351 e. The van der Waals surface area contributed by atoms with Crippen molar-refractivity contribution in [2.75, 3.05) is 31.1 Å². The SMILES string of the molecule is CCCCC(=O)N1CCN(c2nncc3ccccc23)CC1. The molecule has 0 bridgehead atoms. The quantitative estimate of drug-likeness (QED) is 0.870. The molecular formula is C17H22N4O. The molecule has 1 saturated heterocycles. The molecule has 3 rings (SSSR count). The number of rotatable bonds is 4. The second-order valence-corrected chi connectivity index (χ2v) is 5.73. The Bertz CT molecular complexity index is 645. The Morgan fingerprint density at radius 3 is 2.73 bits per heavy atom. The van der Waals surface area contributed by atoms with Gasteiger partial charge in [-0.15, -0.1) is 5.10 Å². The molecule has 2 aromatic rings. The summed E-state index contributed by atoms with van der Waals surface area (Å²) in [6.07, 6.45) is 4.51. The maximum absolute atomic E-state index is 12.1. The number of nitrogens with zero attached hydrogens (tertiary/aromatic N) is 4. The van der Waals surface area contributed by atoms with Gasteiger partial charge in [-0.25, -0.2) is 0 Å². The standard InChI is InChI=1S/C17H22N4O/c1-2-3-8-16(22)20-9-11-21(12-10-20)17-15-7-5-4-6-14(15)13-18-19-17/h4-7,13H,2-3,8-12H2,1H3. The molecule has 0 N–H and O–H groups in total. The third kappa shape index (κ3) is 3.03. The lowest BCUT2D eigenvalue weighted by molar-refractivity contribution is -0.131. The molecule has 0 atom stereocenters. The summed E-state index contributed by atoms with van der Waals surface area (Å²) in [6, 6.07) is 8.17. The number of fused-ring (bicyclic) bond motifs is 1. The summed E-state index contributed by atoms with van der Waals surface area (Å²) in [5.41, 5.74) is 0. The summed E-state index contributed by atoms with van der Waals surface area (Å²) in [6.45, 7) is 5.30. The molecule has 5 heteroatoms. The van der Waals surface area contributed by atoms with E-state index in [0.717, 1.165) is 55.6 Å². The van der Waals surface area contributed by atoms with Crippen molar-refractivity contribution in [1.29, 1.82) is 0 Å². The van der Waals surface area contributed by atoms with Gasteiger partial charge >= 0.3 is 0 Å². The molecule has 1 aliphatic rings. The van der Waals surface area contributed by atoms with Crippen LogP contribution in [0.25, 0.3) is 10.8 Å². The molecule has 1 aromatic carbocycles. The molecular weight excluding hydrogens is 276 g/mol. The van der Waals surface area contributed by atoms with Crippen molar-refractivity contribution in [3.8, 4) is 0 Å². The first-order valence-corrected chi connectivity index (χ1v) is 8.02. The topological polar surface area (TPSA) is 49.3 Å². The van der Waals surface area contributed by atoms with Crippen molar-refractivity contribution in [2.45, 2.75) is 26.2 Å². The predicted octanol–water partition coefficient (Wildman–Crippen LogP) is 2.47. The fourth-order valence-electron chi connectivity index (χ4n) is 2.90. The summed E-state index contributed by atoms with van der Waals surface area (Å²) in [4.78, 5) is 16.3. The number of unbranched alkanes of at least 4 members (excludes halogenated alkanes) is 1. The first kappa shape index (κ1) is 14.8. The van der Waals surface area contributed by atoms with Crippen molar-refractivity contribution in [3.63, 3.8) is 0 Å². The van der Waals surface area contributed by atoms with Crippen LogP contribution in [0.1, 0.15) is 26.2 Å². The zero-order valence-corrected chi connectivity index (χ0v) is 13.0. The fraction of sp³-hybridized carbons (Fsp3) is 0.471. The van der Waals surface area contributed by atoms with E-state index in [9.17, 15) is 4.79 Å². The van der Waals surface area contributed by atoms with Crippen molar-refractivity contribution < 1.29 is 4.79 Å². The number of piperazine rings is 1. The van der Waals surface area contributed by atoms with Gasteiger partial charge in [0, 0.05) is 43.4 Å². The van der Waals surface area contributed by atoms with Crippen LogP contribution in [0.15, 0.2) is 30.5 Å². The van der Waals surface area contributed by atoms with Gasteiger partial charge < -0.3 is 9.80 Å². The van der Waals surface area contributed by atoms with Crippen LogP contribution in [0.2, 0.25) is 0 Å². The van der Waals surface area contributed by atoms with E-state index in [1.165, 1.54) is 0 Å². The van der Waals surface area contributed by atoms with Gasteiger partial charge in [0.2, 0.25) is 5.91 Å². The molecule has 116 valence electrons. The minimum absolute atomic E-state index is 0.283. The summed E-state index contributed by atoms with van der Waals surface area (Å²) < 4.78 is 0. The van der Waals surface area contributed by atoms with Gasteiger partial charge in [0.25, 0.3) is 0 Å². The summed E-state index contributed by atoms with van der Waals surface area (Å²) in [5.74, 6) is 1.21. The molecule has 0 saturated carbocycles. The monoisotopic (exact) mass is 298 g/mol. The highest BCUT2D eigenvalue weighted by molar-refractivity contribution is 5.91. The Hall–Kier alpha value is -2.17. The second kappa shape index (κ2) is 6.73. The lowest BCUT2D eigenvalue weighted by Crippen LogP contribution is -2.49. The second-order valence-electron chi connectivity index (χ2n) is 5.73. The third-order valence-electron chi connectivity index (χ3n) is 4.23. The molecule has 1 aromatic heterocycles. The van der Waals surface area contributed by atoms with E-state index in [1.54, 1.807) is 6.20 Å². The van der Waals surface area contributed by atoms with E-state index >= 15 is 0 Å². The maximum atomic E-state index is 12.1. The van der Waals surface area contributed by atoms with Crippen LogP contribution < -0.4 is 4.90 Å². The smallest absolute Gasteiger partial charge is 0.222 e. The molecule has 0 unspecified atom stereocenters. The average Bonchev–Trinajstić information content (AvgIpc) is 2.59. The van der Waals surface area contributed by atoms with Gasteiger partial charge in [0.15, 0.2) is 5.82 Å². The molecule has 0 spiro atoms. The number of aromatic nitrogens is 2. The minimum atomic E-state index is 0.283. The first-order valence-electron chi connectivity index (χ1n) is 8.02.